The maximum absolute atomic E-state index is 5.77. The second-order valence-corrected chi connectivity index (χ2v) is 5.80. The fourth-order valence-corrected chi connectivity index (χ4v) is 2.49. The summed E-state index contributed by atoms with van der Waals surface area (Å²) < 4.78 is 28.3. The largest absolute Gasteiger partial charge is 0.364 e. The van der Waals surface area contributed by atoms with Crippen LogP contribution in [0.4, 0.5) is 0 Å². The Morgan fingerprint density at radius 3 is 1.47 bits per heavy atom. The molecule has 0 N–H and O–H groups in total. The van der Waals surface area contributed by atoms with E-state index in [1.54, 1.807) is 0 Å². The second-order valence-electron chi connectivity index (χ2n) is 5.80. The molecular formula is C12H20O5. The van der Waals surface area contributed by atoms with Crippen LogP contribution in [-0.4, -0.2) is 49.2 Å². The van der Waals surface area contributed by atoms with Crippen molar-refractivity contribution in [1.29, 1.82) is 0 Å². The molecule has 0 aliphatic carbocycles. The smallest absolute Gasteiger partial charge is 0.163 e. The molecule has 0 aromatic heterocycles. The lowest BCUT2D eigenvalue weighted by Gasteiger charge is -2.17. The Labute approximate surface area is 101 Å². The van der Waals surface area contributed by atoms with Crippen molar-refractivity contribution in [1.82, 2.24) is 0 Å². The Hall–Kier alpha value is -0.200. The third kappa shape index (κ3) is 2.35. The van der Waals surface area contributed by atoms with Crippen molar-refractivity contribution >= 4 is 0 Å². The number of ether oxygens (including phenoxy) is 5. The SMILES string of the molecule is CC1(C)OC[C@@H]([C@@H]2O[C@H]2[C@@H]2COC(C)(C)O2)O1. The predicted molar refractivity (Wildman–Crippen MR) is 58.5 cm³/mol. The Morgan fingerprint density at radius 2 is 1.18 bits per heavy atom. The first-order valence-electron chi connectivity index (χ1n) is 6.15. The number of hydrogen-bond acceptors (Lipinski definition) is 5. The molecule has 0 aromatic carbocycles. The molecule has 0 spiro atoms. The highest BCUT2D eigenvalue weighted by molar-refractivity contribution is 5.00. The molecule has 5 heteroatoms. The second kappa shape index (κ2) is 3.65. The van der Waals surface area contributed by atoms with Gasteiger partial charge in [0.1, 0.15) is 24.4 Å². The first kappa shape index (κ1) is 11.9. The van der Waals surface area contributed by atoms with E-state index < -0.39 is 11.6 Å². The lowest BCUT2D eigenvalue weighted by molar-refractivity contribution is -0.142. The van der Waals surface area contributed by atoms with E-state index >= 15 is 0 Å². The van der Waals surface area contributed by atoms with Gasteiger partial charge in [0.15, 0.2) is 11.6 Å². The standard InChI is InChI=1S/C12H20O5/c1-11(2)13-5-7(16-11)9-10(15-9)8-6-14-12(3,4)17-8/h7-10H,5-6H2,1-4H3/t7-,8-,9-,10-/m0/s1. The Kier molecular flexibility index (Phi) is 2.55. The summed E-state index contributed by atoms with van der Waals surface area (Å²) in [6.07, 6.45) is 0.197. The summed E-state index contributed by atoms with van der Waals surface area (Å²) in [4.78, 5) is 0. The number of rotatable bonds is 2. The van der Waals surface area contributed by atoms with Crippen LogP contribution in [0.3, 0.4) is 0 Å². The summed E-state index contributed by atoms with van der Waals surface area (Å²) in [7, 11) is 0. The predicted octanol–water partition coefficient (Wildman–Crippen LogP) is 1.06. The van der Waals surface area contributed by atoms with Crippen molar-refractivity contribution in [2.24, 2.45) is 0 Å². The van der Waals surface area contributed by atoms with Crippen molar-refractivity contribution in [3.05, 3.63) is 0 Å². The van der Waals surface area contributed by atoms with E-state index in [1.807, 2.05) is 27.7 Å². The minimum absolute atomic E-state index is 0.0160. The van der Waals surface area contributed by atoms with Gasteiger partial charge in [-0.25, -0.2) is 0 Å². The fraction of sp³-hybridized carbons (Fsp3) is 1.00. The van der Waals surface area contributed by atoms with Gasteiger partial charge in [-0.3, -0.25) is 0 Å². The Morgan fingerprint density at radius 1 is 0.765 bits per heavy atom. The highest BCUT2D eigenvalue weighted by atomic mass is 16.8. The Balaban J connectivity index is 1.54. The first-order chi connectivity index (χ1) is 7.86. The molecule has 0 radical (unpaired) electrons. The molecule has 0 bridgehead atoms. The lowest BCUT2D eigenvalue weighted by atomic mass is 10.1. The van der Waals surface area contributed by atoms with E-state index in [-0.39, 0.29) is 24.4 Å². The highest BCUT2D eigenvalue weighted by Gasteiger charge is 2.56. The number of epoxide rings is 1. The van der Waals surface area contributed by atoms with E-state index in [1.165, 1.54) is 0 Å². The van der Waals surface area contributed by atoms with Crippen LogP contribution in [0.5, 0.6) is 0 Å². The summed E-state index contributed by atoms with van der Waals surface area (Å²) >= 11 is 0. The third-order valence-electron chi connectivity index (χ3n) is 3.36. The van der Waals surface area contributed by atoms with Gasteiger partial charge in [0.05, 0.1) is 13.2 Å². The average molecular weight is 244 g/mol. The molecular weight excluding hydrogens is 224 g/mol. The third-order valence-corrected chi connectivity index (χ3v) is 3.36. The topological polar surface area (TPSA) is 49.5 Å². The van der Waals surface area contributed by atoms with E-state index in [2.05, 4.69) is 0 Å². The molecule has 0 aromatic rings. The van der Waals surface area contributed by atoms with Crippen LogP contribution in [0, 0.1) is 0 Å². The molecule has 4 atom stereocenters. The summed E-state index contributed by atoms with van der Waals surface area (Å²) in [5.41, 5.74) is 0. The van der Waals surface area contributed by atoms with Crippen LogP contribution < -0.4 is 0 Å². The molecule has 3 rings (SSSR count). The van der Waals surface area contributed by atoms with Crippen molar-refractivity contribution in [3.8, 4) is 0 Å². The first-order valence-corrected chi connectivity index (χ1v) is 6.15. The number of hydrogen-bond donors (Lipinski definition) is 0. The van der Waals surface area contributed by atoms with Crippen LogP contribution in [0.2, 0.25) is 0 Å². The highest BCUT2D eigenvalue weighted by Crippen LogP contribution is 2.40. The van der Waals surface area contributed by atoms with Gasteiger partial charge in [-0.1, -0.05) is 0 Å². The van der Waals surface area contributed by atoms with Crippen LogP contribution in [-0.2, 0) is 23.7 Å². The molecule has 98 valence electrons. The molecule has 3 heterocycles. The molecule has 0 unspecified atom stereocenters. The molecule has 3 fully saturated rings. The molecule has 0 saturated carbocycles. The normalized spacial score (nSPS) is 47.3. The molecule has 0 amide bonds. The van der Waals surface area contributed by atoms with Crippen molar-refractivity contribution in [2.45, 2.75) is 63.7 Å². The molecule has 5 nitrogen and oxygen atoms in total. The summed E-state index contributed by atoms with van der Waals surface area (Å²) in [5, 5.41) is 0. The van der Waals surface area contributed by atoms with Gasteiger partial charge in [0.25, 0.3) is 0 Å². The van der Waals surface area contributed by atoms with Crippen molar-refractivity contribution < 1.29 is 23.7 Å². The van der Waals surface area contributed by atoms with Crippen LogP contribution in [0.25, 0.3) is 0 Å². The quantitative estimate of drug-likeness (QED) is 0.680. The zero-order valence-electron chi connectivity index (χ0n) is 10.8. The van der Waals surface area contributed by atoms with Gasteiger partial charge in [0, 0.05) is 0 Å². The van der Waals surface area contributed by atoms with Crippen molar-refractivity contribution in [3.63, 3.8) is 0 Å². The van der Waals surface area contributed by atoms with Crippen LogP contribution >= 0.6 is 0 Å². The van der Waals surface area contributed by atoms with Gasteiger partial charge in [0.2, 0.25) is 0 Å². The monoisotopic (exact) mass is 244 g/mol. The van der Waals surface area contributed by atoms with E-state index in [0.29, 0.717) is 13.2 Å². The summed E-state index contributed by atoms with van der Waals surface area (Å²) in [6, 6.07) is 0. The van der Waals surface area contributed by atoms with Crippen molar-refractivity contribution in [2.75, 3.05) is 13.2 Å². The van der Waals surface area contributed by atoms with Gasteiger partial charge < -0.3 is 23.7 Å². The average Bonchev–Trinajstić information content (AvgIpc) is 2.81. The molecule has 3 aliphatic heterocycles. The summed E-state index contributed by atoms with van der Waals surface area (Å²) in [6.45, 7) is 8.85. The van der Waals surface area contributed by atoms with Gasteiger partial charge in [-0.15, -0.1) is 0 Å². The maximum Gasteiger partial charge on any atom is 0.163 e. The van der Waals surface area contributed by atoms with Crippen LogP contribution in [0.15, 0.2) is 0 Å². The van der Waals surface area contributed by atoms with Gasteiger partial charge in [-0.2, -0.15) is 0 Å². The van der Waals surface area contributed by atoms with Gasteiger partial charge >= 0.3 is 0 Å². The van der Waals surface area contributed by atoms with E-state index in [0.717, 1.165) is 0 Å². The summed E-state index contributed by atoms with van der Waals surface area (Å²) in [5.74, 6) is -0.985. The lowest BCUT2D eigenvalue weighted by Crippen LogP contribution is -2.30. The zero-order chi connectivity index (χ0) is 12.3. The minimum Gasteiger partial charge on any atom is -0.364 e. The minimum atomic E-state index is -0.493. The maximum atomic E-state index is 5.77. The van der Waals surface area contributed by atoms with Crippen LogP contribution in [0.1, 0.15) is 27.7 Å². The van der Waals surface area contributed by atoms with E-state index in [9.17, 15) is 0 Å². The van der Waals surface area contributed by atoms with Gasteiger partial charge in [-0.05, 0) is 27.7 Å². The zero-order valence-corrected chi connectivity index (χ0v) is 10.8. The fourth-order valence-electron chi connectivity index (χ4n) is 2.49. The molecule has 3 aliphatic rings. The van der Waals surface area contributed by atoms with E-state index in [4.69, 9.17) is 23.7 Å². The molecule has 3 saturated heterocycles. The molecule has 17 heavy (non-hydrogen) atoms. The Bertz CT molecular complexity index is 284.